The van der Waals surface area contributed by atoms with Gasteiger partial charge >= 0.3 is 0 Å². The van der Waals surface area contributed by atoms with Gasteiger partial charge in [0, 0.05) is 30.2 Å². The molecule has 0 aliphatic heterocycles. The summed E-state index contributed by atoms with van der Waals surface area (Å²) in [5.74, 6) is 1.16. The first-order valence-corrected chi connectivity index (χ1v) is 9.40. The molecule has 30 heavy (non-hydrogen) atoms. The lowest BCUT2D eigenvalue weighted by atomic mass is 10.2. The maximum Gasteiger partial charge on any atom is 0.250 e. The molecule has 2 aromatic carbocycles. The van der Waals surface area contributed by atoms with Gasteiger partial charge in [0.05, 0.1) is 6.21 Å². The van der Waals surface area contributed by atoms with Crippen molar-refractivity contribution in [3.05, 3.63) is 96.3 Å². The third kappa shape index (κ3) is 5.59. The van der Waals surface area contributed by atoms with E-state index in [1.165, 1.54) is 0 Å². The van der Waals surface area contributed by atoms with Gasteiger partial charge in [0.1, 0.15) is 0 Å². The molecule has 0 bridgehead atoms. The molecule has 4 aromatic rings. The first-order valence-electron chi connectivity index (χ1n) is 9.40. The average Bonchev–Trinajstić information content (AvgIpc) is 2.80. The minimum absolute atomic E-state index is 0.319. The van der Waals surface area contributed by atoms with Crippen LogP contribution in [0, 0.1) is 0 Å². The van der Waals surface area contributed by atoms with E-state index in [1.807, 2.05) is 72.8 Å². The molecule has 3 N–H and O–H groups in total. The lowest BCUT2D eigenvalue weighted by Gasteiger charge is -2.10. The van der Waals surface area contributed by atoms with Gasteiger partial charge in [0.15, 0.2) is 0 Å². The van der Waals surface area contributed by atoms with E-state index in [-0.39, 0.29) is 0 Å². The highest BCUT2D eigenvalue weighted by atomic mass is 15.4. The van der Waals surface area contributed by atoms with Crippen LogP contribution in [0.4, 0.5) is 23.5 Å². The van der Waals surface area contributed by atoms with Crippen LogP contribution in [0.1, 0.15) is 11.1 Å². The quantitative estimate of drug-likeness (QED) is 0.305. The number of rotatable bonds is 8. The van der Waals surface area contributed by atoms with E-state index in [4.69, 9.17) is 0 Å². The van der Waals surface area contributed by atoms with Crippen molar-refractivity contribution in [3.8, 4) is 0 Å². The van der Waals surface area contributed by atoms with Crippen molar-refractivity contribution < 1.29 is 0 Å². The van der Waals surface area contributed by atoms with Crippen molar-refractivity contribution in [2.45, 2.75) is 6.54 Å². The molecule has 0 aliphatic rings. The number of para-hydroxylation sites is 1. The van der Waals surface area contributed by atoms with Crippen molar-refractivity contribution in [1.82, 2.24) is 19.9 Å². The van der Waals surface area contributed by atoms with Crippen molar-refractivity contribution in [1.29, 1.82) is 0 Å². The van der Waals surface area contributed by atoms with Crippen LogP contribution in [0.3, 0.4) is 0 Å². The standard InChI is InChI=1S/C22H20N8/c1-3-8-17(9-4-1)15-24-20-27-21(26-19-11-5-2-6-12-19)29-22(28-20)30-25-16-18-10-7-13-23-14-18/h1-14,16H,15H2,(H3,24,26,27,28,29,30)/b25-16+. The molecule has 148 valence electrons. The molecule has 0 amide bonds. The number of aromatic nitrogens is 4. The summed E-state index contributed by atoms with van der Waals surface area (Å²) in [6, 6.07) is 23.5. The molecule has 0 saturated heterocycles. The number of hydrogen-bond donors (Lipinski definition) is 3. The number of nitrogens with one attached hydrogen (secondary N) is 3. The summed E-state index contributed by atoms with van der Waals surface area (Å²) >= 11 is 0. The second-order valence-electron chi connectivity index (χ2n) is 6.29. The maximum atomic E-state index is 4.46. The minimum Gasteiger partial charge on any atom is -0.350 e. The fourth-order valence-electron chi connectivity index (χ4n) is 2.61. The van der Waals surface area contributed by atoms with E-state index in [1.54, 1.807) is 18.6 Å². The molecule has 8 heteroatoms. The molecule has 4 rings (SSSR count). The Bertz CT molecular complexity index is 1090. The van der Waals surface area contributed by atoms with Gasteiger partial charge in [-0.1, -0.05) is 54.6 Å². The van der Waals surface area contributed by atoms with E-state index in [9.17, 15) is 0 Å². The summed E-state index contributed by atoms with van der Waals surface area (Å²) < 4.78 is 0. The normalized spacial score (nSPS) is 10.7. The van der Waals surface area contributed by atoms with E-state index in [2.05, 4.69) is 41.1 Å². The zero-order chi connectivity index (χ0) is 20.4. The summed E-state index contributed by atoms with van der Waals surface area (Å²) in [5.41, 5.74) is 5.72. The Morgan fingerprint density at radius 1 is 0.767 bits per heavy atom. The number of benzene rings is 2. The number of nitrogens with zero attached hydrogens (tertiary/aromatic N) is 5. The lowest BCUT2D eigenvalue weighted by molar-refractivity contribution is 0.999. The number of hydrogen-bond acceptors (Lipinski definition) is 8. The number of hydrazone groups is 1. The molecule has 2 heterocycles. The van der Waals surface area contributed by atoms with E-state index < -0.39 is 0 Å². The Kier molecular flexibility index (Phi) is 6.17. The summed E-state index contributed by atoms with van der Waals surface area (Å²) in [6.07, 6.45) is 5.08. The molecule has 0 saturated carbocycles. The molecular weight excluding hydrogens is 376 g/mol. The largest absolute Gasteiger partial charge is 0.350 e. The van der Waals surface area contributed by atoms with Crippen molar-refractivity contribution in [2.24, 2.45) is 5.10 Å². The Labute approximate surface area is 174 Å². The van der Waals surface area contributed by atoms with Gasteiger partial charge in [-0.15, -0.1) is 0 Å². The summed E-state index contributed by atoms with van der Waals surface area (Å²) in [6.45, 7) is 0.591. The maximum absolute atomic E-state index is 4.46. The van der Waals surface area contributed by atoms with Gasteiger partial charge in [-0.3, -0.25) is 4.98 Å². The van der Waals surface area contributed by atoms with Crippen molar-refractivity contribution in [3.63, 3.8) is 0 Å². The second kappa shape index (κ2) is 9.74. The molecule has 0 atom stereocenters. The molecular formula is C22H20N8. The van der Waals surface area contributed by atoms with Crippen LogP contribution in [0.2, 0.25) is 0 Å². The highest BCUT2D eigenvalue weighted by Crippen LogP contribution is 2.16. The molecule has 2 aromatic heterocycles. The summed E-state index contributed by atoms with van der Waals surface area (Å²) in [5, 5.41) is 10.6. The van der Waals surface area contributed by atoms with E-state index in [0.717, 1.165) is 16.8 Å². The van der Waals surface area contributed by atoms with Gasteiger partial charge < -0.3 is 10.6 Å². The van der Waals surface area contributed by atoms with Crippen LogP contribution in [-0.2, 0) is 6.54 Å². The van der Waals surface area contributed by atoms with Gasteiger partial charge in [0.25, 0.3) is 0 Å². The zero-order valence-electron chi connectivity index (χ0n) is 16.1. The van der Waals surface area contributed by atoms with Crippen LogP contribution in [0.15, 0.2) is 90.3 Å². The predicted molar refractivity (Wildman–Crippen MR) is 119 cm³/mol. The van der Waals surface area contributed by atoms with Crippen LogP contribution < -0.4 is 16.1 Å². The van der Waals surface area contributed by atoms with Crippen LogP contribution in [0.25, 0.3) is 0 Å². The zero-order valence-corrected chi connectivity index (χ0v) is 16.1. The van der Waals surface area contributed by atoms with Gasteiger partial charge in [-0.05, 0) is 23.8 Å². The number of anilines is 4. The topological polar surface area (TPSA) is 100 Å². The molecule has 0 aliphatic carbocycles. The van der Waals surface area contributed by atoms with Crippen LogP contribution in [-0.4, -0.2) is 26.2 Å². The van der Waals surface area contributed by atoms with Crippen LogP contribution in [0.5, 0.6) is 0 Å². The molecule has 0 radical (unpaired) electrons. The lowest BCUT2D eigenvalue weighted by Crippen LogP contribution is -2.09. The molecule has 0 unspecified atom stereocenters. The van der Waals surface area contributed by atoms with Crippen molar-refractivity contribution in [2.75, 3.05) is 16.1 Å². The van der Waals surface area contributed by atoms with Crippen molar-refractivity contribution >= 4 is 29.7 Å². The Morgan fingerprint density at radius 3 is 2.27 bits per heavy atom. The third-order valence-electron chi connectivity index (χ3n) is 4.02. The molecule has 0 fully saturated rings. The average molecular weight is 396 g/mol. The molecule has 8 nitrogen and oxygen atoms in total. The van der Waals surface area contributed by atoms with E-state index >= 15 is 0 Å². The second-order valence-corrected chi connectivity index (χ2v) is 6.29. The van der Waals surface area contributed by atoms with Gasteiger partial charge in [-0.25, -0.2) is 5.43 Å². The van der Waals surface area contributed by atoms with Crippen LogP contribution >= 0.6 is 0 Å². The monoisotopic (exact) mass is 396 g/mol. The highest BCUT2D eigenvalue weighted by molar-refractivity contribution is 5.79. The fourth-order valence-corrected chi connectivity index (χ4v) is 2.61. The Balaban J connectivity index is 1.52. The van der Waals surface area contributed by atoms with Gasteiger partial charge in [0.2, 0.25) is 17.8 Å². The summed E-state index contributed by atoms with van der Waals surface area (Å²) in [4.78, 5) is 17.3. The van der Waals surface area contributed by atoms with Gasteiger partial charge in [-0.2, -0.15) is 20.1 Å². The first-order chi connectivity index (χ1) is 14.8. The SMILES string of the molecule is C(=N\Nc1nc(NCc2ccccc2)nc(Nc2ccccc2)n1)/c1cccnc1. The fraction of sp³-hybridized carbons (Fsp3) is 0.0455. The molecule has 0 spiro atoms. The first kappa shape index (κ1) is 19.0. The Hall–Kier alpha value is -4.33. The predicted octanol–water partition coefficient (Wildman–Crippen LogP) is 4.07. The third-order valence-corrected chi connectivity index (χ3v) is 4.02. The summed E-state index contributed by atoms with van der Waals surface area (Å²) in [7, 11) is 0. The smallest absolute Gasteiger partial charge is 0.250 e. The van der Waals surface area contributed by atoms with E-state index in [0.29, 0.717) is 24.4 Å². The highest BCUT2D eigenvalue weighted by Gasteiger charge is 2.07. The minimum atomic E-state index is 0.319. The Morgan fingerprint density at radius 2 is 1.50 bits per heavy atom. The number of pyridine rings is 1.